The molecule has 7 N–H and O–H groups in total. The summed E-state index contributed by atoms with van der Waals surface area (Å²) in [5.41, 5.74) is 7.64. The van der Waals surface area contributed by atoms with Crippen molar-refractivity contribution in [2.75, 3.05) is 24.2 Å². The summed E-state index contributed by atoms with van der Waals surface area (Å²) in [6.45, 7) is 0.111. The van der Waals surface area contributed by atoms with Crippen LogP contribution in [0, 0.1) is 0 Å². The number of aliphatic hydroxyl groups is 3. The van der Waals surface area contributed by atoms with Crippen LogP contribution in [0.2, 0.25) is 0 Å². The van der Waals surface area contributed by atoms with Crippen LogP contribution in [0.15, 0.2) is 30.6 Å². The molecule has 4 atom stereocenters. The number of nitrogens with two attached hydrogens (primary N) is 1. The average Bonchev–Trinajstić information content (AvgIpc) is 3.24. The molecule has 0 saturated carbocycles. The molecule has 1 fully saturated rings. The van der Waals surface area contributed by atoms with Crippen LogP contribution >= 0.6 is 0 Å². The number of hydrogen-bond acceptors (Lipinski definition) is 10. The predicted octanol–water partition coefficient (Wildman–Crippen LogP) is -0.620. The number of phenolic OH excluding ortho intramolecular Hbond substituents is 1. The number of aromatic hydroxyl groups is 1. The van der Waals surface area contributed by atoms with Gasteiger partial charge in [0.25, 0.3) is 0 Å². The zero-order chi connectivity index (χ0) is 20.5. The fourth-order valence-corrected chi connectivity index (χ4v) is 3.34. The van der Waals surface area contributed by atoms with Gasteiger partial charge in [0.2, 0.25) is 5.95 Å². The summed E-state index contributed by atoms with van der Waals surface area (Å²) in [4.78, 5) is 12.7. The van der Waals surface area contributed by atoms with Crippen LogP contribution in [0.4, 0.5) is 11.8 Å². The van der Waals surface area contributed by atoms with Gasteiger partial charge in [0.15, 0.2) is 23.2 Å². The van der Waals surface area contributed by atoms with Gasteiger partial charge >= 0.3 is 0 Å². The lowest BCUT2D eigenvalue weighted by molar-refractivity contribution is -0.0511. The van der Waals surface area contributed by atoms with Gasteiger partial charge in [0.1, 0.15) is 24.1 Å². The number of imidazole rings is 1. The first-order chi connectivity index (χ1) is 14.0. The first kappa shape index (κ1) is 19.3. The van der Waals surface area contributed by atoms with Crippen molar-refractivity contribution < 1.29 is 25.2 Å². The SMILES string of the molecule is Nc1nc(NCCc2ccc(O)cc2)c2ncn(C3O[C@H](CO)[C@@H](O)[C@H]3O)c2n1. The molecule has 0 spiro atoms. The molecule has 0 aliphatic carbocycles. The molecule has 0 amide bonds. The van der Waals surface area contributed by atoms with Gasteiger partial charge in [-0.2, -0.15) is 9.97 Å². The van der Waals surface area contributed by atoms with Crippen LogP contribution in [0.3, 0.4) is 0 Å². The Balaban J connectivity index is 1.56. The van der Waals surface area contributed by atoms with Crippen LogP contribution in [0.1, 0.15) is 11.8 Å². The number of benzene rings is 1. The Kier molecular flexibility index (Phi) is 5.20. The lowest BCUT2D eigenvalue weighted by Crippen LogP contribution is -2.33. The molecule has 1 saturated heterocycles. The highest BCUT2D eigenvalue weighted by atomic mass is 16.6. The Morgan fingerprint density at radius 1 is 1.14 bits per heavy atom. The minimum atomic E-state index is -1.26. The van der Waals surface area contributed by atoms with Crippen LogP contribution < -0.4 is 11.1 Å². The number of nitrogens with zero attached hydrogens (tertiary/aromatic N) is 4. The molecule has 154 valence electrons. The van der Waals surface area contributed by atoms with Gasteiger partial charge in [-0.25, -0.2) is 4.98 Å². The molecule has 3 aromatic rings. The molecule has 0 bridgehead atoms. The topological polar surface area (TPSA) is 172 Å². The molecule has 1 unspecified atom stereocenters. The van der Waals surface area contributed by atoms with E-state index in [2.05, 4.69) is 20.3 Å². The monoisotopic (exact) mass is 402 g/mol. The molecule has 4 rings (SSSR count). The standard InChI is InChI=1S/C18H22N6O5/c19-18-22-15(20-6-5-9-1-3-10(26)4-2-9)12-16(23-18)24(8-21-12)17-14(28)13(27)11(7-25)29-17/h1-4,8,11,13-14,17,25-28H,5-7H2,(H3,19,20,22,23)/t11-,13-,14-,17?/m1/s1. The van der Waals surface area contributed by atoms with E-state index in [4.69, 9.17) is 10.5 Å². The molecule has 29 heavy (non-hydrogen) atoms. The molecule has 2 aromatic heterocycles. The first-order valence-electron chi connectivity index (χ1n) is 9.12. The maximum Gasteiger partial charge on any atom is 0.224 e. The van der Waals surface area contributed by atoms with Crippen molar-refractivity contribution >= 4 is 22.9 Å². The number of rotatable bonds is 6. The lowest BCUT2D eigenvalue weighted by atomic mass is 10.1. The summed E-state index contributed by atoms with van der Waals surface area (Å²) >= 11 is 0. The second-order valence-electron chi connectivity index (χ2n) is 6.83. The second-order valence-corrected chi connectivity index (χ2v) is 6.83. The third-order valence-corrected chi connectivity index (χ3v) is 4.87. The Labute approximate surface area is 165 Å². The zero-order valence-corrected chi connectivity index (χ0v) is 15.4. The van der Waals surface area contributed by atoms with Gasteiger partial charge in [0, 0.05) is 6.54 Å². The van der Waals surface area contributed by atoms with E-state index in [9.17, 15) is 20.4 Å². The molecule has 11 heteroatoms. The van der Waals surface area contributed by atoms with Crippen molar-refractivity contribution in [3.63, 3.8) is 0 Å². The predicted molar refractivity (Wildman–Crippen MR) is 103 cm³/mol. The first-order valence-corrected chi connectivity index (χ1v) is 9.12. The number of ether oxygens (including phenoxy) is 1. The minimum Gasteiger partial charge on any atom is -0.508 e. The van der Waals surface area contributed by atoms with Crippen molar-refractivity contribution in [1.82, 2.24) is 19.5 Å². The van der Waals surface area contributed by atoms with E-state index in [0.29, 0.717) is 29.9 Å². The number of aromatic nitrogens is 4. The summed E-state index contributed by atoms with van der Waals surface area (Å²) in [6, 6.07) is 6.91. The van der Waals surface area contributed by atoms with E-state index >= 15 is 0 Å². The van der Waals surface area contributed by atoms with E-state index < -0.39 is 31.1 Å². The van der Waals surface area contributed by atoms with Crippen molar-refractivity contribution in [2.24, 2.45) is 0 Å². The highest BCUT2D eigenvalue weighted by molar-refractivity contribution is 5.84. The lowest BCUT2D eigenvalue weighted by Gasteiger charge is -2.16. The highest BCUT2D eigenvalue weighted by Gasteiger charge is 2.44. The number of anilines is 2. The third-order valence-electron chi connectivity index (χ3n) is 4.87. The number of hydrogen-bond donors (Lipinski definition) is 6. The van der Waals surface area contributed by atoms with E-state index in [1.807, 2.05) is 12.1 Å². The van der Waals surface area contributed by atoms with Crippen LogP contribution in [-0.4, -0.2) is 71.4 Å². The fraction of sp³-hybridized carbons (Fsp3) is 0.389. The summed E-state index contributed by atoms with van der Waals surface area (Å²) in [5.74, 6) is 0.650. The van der Waals surface area contributed by atoms with Gasteiger partial charge in [0.05, 0.1) is 12.9 Å². The second kappa shape index (κ2) is 7.79. The van der Waals surface area contributed by atoms with Gasteiger partial charge in [-0.1, -0.05) is 12.1 Å². The normalized spacial score (nSPS) is 24.2. The van der Waals surface area contributed by atoms with E-state index in [1.54, 1.807) is 12.1 Å². The Hall–Kier alpha value is -2.99. The molecule has 1 aromatic carbocycles. The average molecular weight is 402 g/mol. The number of fused-ring (bicyclic) bond motifs is 1. The minimum absolute atomic E-state index is 0.0122. The third kappa shape index (κ3) is 3.68. The summed E-state index contributed by atoms with van der Waals surface area (Å²) in [5, 5.41) is 42.1. The van der Waals surface area contributed by atoms with E-state index in [1.165, 1.54) is 10.9 Å². The maximum atomic E-state index is 10.3. The van der Waals surface area contributed by atoms with Crippen molar-refractivity contribution in [1.29, 1.82) is 0 Å². The molecule has 0 radical (unpaired) electrons. The molecule has 1 aliphatic rings. The largest absolute Gasteiger partial charge is 0.508 e. The Morgan fingerprint density at radius 3 is 2.59 bits per heavy atom. The number of phenols is 1. The van der Waals surface area contributed by atoms with Crippen molar-refractivity contribution in [2.45, 2.75) is 31.0 Å². The smallest absolute Gasteiger partial charge is 0.224 e. The van der Waals surface area contributed by atoms with Crippen molar-refractivity contribution in [3.8, 4) is 5.75 Å². The van der Waals surface area contributed by atoms with Crippen LogP contribution in [0.25, 0.3) is 11.2 Å². The number of nitrogens with one attached hydrogen (secondary N) is 1. The maximum absolute atomic E-state index is 10.3. The van der Waals surface area contributed by atoms with Gasteiger partial charge in [-0.05, 0) is 24.1 Å². The molecule has 1 aliphatic heterocycles. The Bertz CT molecular complexity index is 994. The molecular weight excluding hydrogens is 380 g/mol. The quantitative estimate of drug-likeness (QED) is 0.312. The zero-order valence-electron chi connectivity index (χ0n) is 15.4. The summed E-state index contributed by atoms with van der Waals surface area (Å²) in [6.07, 6.45) is -2.26. The van der Waals surface area contributed by atoms with Crippen LogP contribution in [-0.2, 0) is 11.2 Å². The Morgan fingerprint density at radius 2 is 1.90 bits per heavy atom. The summed E-state index contributed by atoms with van der Waals surface area (Å²) < 4.78 is 7.01. The fourth-order valence-electron chi connectivity index (χ4n) is 3.34. The van der Waals surface area contributed by atoms with Gasteiger partial charge in [-0.3, -0.25) is 4.57 Å². The molecule has 3 heterocycles. The van der Waals surface area contributed by atoms with E-state index in [-0.39, 0.29) is 11.7 Å². The van der Waals surface area contributed by atoms with Crippen LogP contribution in [0.5, 0.6) is 5.75 Å². The summed E-state index contributed by atoms with van der Waals surface area (Å²) in [7, 11) is 0. The molecule has 11 nitrogen and oxygen atoms in total. The van der Waals surface area contributed by atoms with Gasteiger partial charge < -0.3 is 36.2 Å². The highest BCUT2D eigenvalue weighted by Crippen LogP contribution is 2.32. The number of nitrogen functional groups attached to an aromatic ring is 1. The van der Waals surface area contributed by atoms with Gasteiger partial charge in [-0.15, -0.1) is 0 Å². The van der Waals surface area contributed by atoms with E-state index in [0.717, 1.165) is 5.56 Å². The molecular formula is C18H22N6O5. The number of aliphatic hydroxyl groups excluding tert-OH is 3. The van der Waals surface area contributed by atoms with Crippen molar-refractivity contribution in [3.05, 3.63) is 36.2 Å².